The molecule has 23 heavy (non-hydrogen) atoms. The SMILES string of the molecule is Cc1ccc2c(c1)OC(C)(C)C[C@@H]2NC(=O)C1CCN(C)CC1. The van der Waals surface area contributed by atoms with Crippen LogP contribution in [0.4, 0.5) is 0 Å². The highest BCUT2D eigenvalue weighted by atomic mass is 16.5. The predicted molar refractivity (Wildman–Crippen MR) is 91.6 cm³/mol. The Labute approximate surface area is 139 Å². The van der Waals surface area contributed by atoms with Gasteiger partial charge in [-0.25, -0.2) is 0 Å². The number of likely N-dealkylation sites (tertiary alicyclic amines) is 1. The zero-order valence-corrected chi connectivity index (χ0v) is 14.7. The molecule has 2 aliphatic rings. The fraction of sp³-hybridized carbons (Fsp3) is 0.632. The van der Waals surface area contributed by atoms with Crippen molar-refractivity contribution >= 4 is 5.91 Å². The van der Waals surface area contributed by atoms with E-state index < -0.39 is 0 Å². The zero-order valence-electron chi connectivity index (χ0n) is 14.7. The van der Waals surface area contributed by atoms with E-state index in [4.69, 9.17) is 4.74 Å². The number of nitrogens with one attached hydrogen (secondary N) is 1. The molecule has 0 spiro atoms. The van der Waals surface area contributed by atoms with Crippen LogP contribution in [0, 0.1) is 12.8 Å². The lowest BCUT2D eigenvalue weighted by molar-refractivity contribution is -0.127. The predicted octanol–water partition coefficient (Wildman–Crippen LogP) is 3.06. The van der Waals surface area contributed by atoms with Crippen LogP contribution in [0.15, 0.2) is 18.2 Å². The van der Waals surface area contributed by atoms with Gasteiger partial charge in [-0.15, -0.1) is 0 Å². The molecule has 126 valence electrons. The molecule has 4 nitrogen and oxygen atoms in total. The summed E-state index contributed by atoms with van der Waals surface area (Å²) in [6.45, 7) is 8.26. The summed E-state index contributed by atoms with van der Waals surface area (Å²) >= 11 is 0. The summed E-state index contributed by atoms with van der Waals surface area (Å²) in [5, 5.41) is 3.30. The van der Waals surface area contributed by atoms with Crippen molar-refractivity contribution in [3.05, 3.63) is 29.3 Å². The van der Waals surface area contributed by atoms with E-state index in [0.717, 1.165) is 43.7 Å². The molecule has 1 fully saturated rings. The van der Waals surface area contributed by atoms with E-state index in [0.29, 0.717) is 0 Å². The topological polar surface area (TPSA) is 41.6 Å². The van der Waals surface area contributed by atoms with Crippen molar-refractivity contribution in [2.75, 3.05) is 20.1 Å². The minimum absolute atomic E-state index is 0.0431. The molecule has 0 saturated carbocycles. The van der Waals surface area contributed by atoms with E-state index in [1.807, 2.05) is 0 Å². The first-order valence-corrected chi connectivity index (χ1v) is 8.62. The van der Waals surface area contributed by atoms with Crippen molar-refractivity contribution in [2.45, 2.75) is 51.7 Å². The van der Waals surface area contributed by atoms with Gasteiger partial charge in [0.25, 0.3) is 0 Å². The van der Waals surface area contributed by atoms with E-state index in [-0.39, 0.29) is 23.5 Å². The Morgan fingerprint density at radius 3 is 2.70 bits per heavy atom. The fourth-order valence-corrected chi connectivity index (χ4v) is 3.65. The van der Waals surface area contributed by atoms with E-state index in [1.54, 1.807) is 0 Å². The normalized spacial score (nSPS) is 24.6. The highest BCUT2D eigenvalue weighted by Crippen LogP contribution is 2.40. The first-order valence-electron chi connectivity index (χ1n) is 8.62. The van der Waals surface area contributed by atoms with Crippen LogP contribution in [-0.2, 0) is 4.79 Å². The Kier molecular flexibility index (Phi) is 4.37. The number of ether oxygens (including phenoxy) is 1. The van der Waals surface area contributed by atoms with Crippen LogP contribution in [0.25, 0.3) is 0 Å². The number of amides is 1. The van der Waals surface area contributed by atoms with Crippen LogP contribution in [0.5, 0.6) is 5.75 Å². The average molecular weight is 316 g/mol. The van der Waals surface area contributed by atoms with Crippen LogP contribution in [0.2, 0.25) is 0 Å². The number of hydrogen-bond acceptors (Lipinski definition) is 3. The van der Waals surface area contributed by atoms with Gasteiger partial charge in [0.2, 0.25) is 5.91 Å². The summed E-state index contributed by atoms with van der Waals surface area (Å²) < 4.78 is 6.11. The molecule has 0 unspecified atom stereocenters. The molecule has 0 bridgehead atoms. The Bertz CT molecular complexity index is 589. The number of rotatable bonds is 2. The lowest BCUT2D eigenvalue weighted by atomic mass is 9.88. The summed E-state index contributed by atoms with van der Waals surface area (Å²) in [6.07, 6.45) is 2.72. The van der Waals surface area contributed by atoms with E-state index in [9.17, 15) is 4.79 Å². The average Bonchev–Trinajstić information content (AvgIpc) is 2.46. The third kappa shape index (κ3) is 3.69. The Morgan fingerprint density at radius 1 is 1.30 bits per heavy atom. The molecule has 1 aromatic rings. The zero-order chi connectivity index (χ0) is 16.6. The van der Waals surface area contributed by atoms with Crippen LogP contribution in [0.3, 0.4) is 0 Å². The third-order valence-electron chi connectivity index (χ3n) is 5.03. The highest BCUT2D eigenvalue weighted by Gasteiger charge is 2.35. The Hall–Kier alpha value is -1.55. The van der Waals surface area contributed by atoms with Gasteiger partial charge in [0.05, 0.1) is 6.04 Å². The minimum atomic E-state index is -0.258. The summed E-state index contributed by atoms with van der Waals surface area (Å²) in [6, 6.07) is 6.31. The van der Waals surface area contributed by atoms with Gasteiger partial charge in [-0.3, -0.25) is 4.79 Å². The smallest absolute Gasteiger partial charge is 0.223 e. The number of nitrogens with zero attached hydrogens (tertiary/aromatic N) is 1. The van der Waals surface area contributed by atoms with Gasteiger partial charge in [0, 0.05) is 17.9 Å². The molecule has 0 radical (unpaired) electrons. The third-order valence-corrected chi connectivity index (χ3v) is 5.03. The molecule has 1 atom stereocenters. The number of piperidine rings is 1. The molecule has 1 amide bonds. The first kappa shape index (κ1) is 16.3. The van der Waals surface area contributed by atoms with Crippen molar-refractivity contribution < 1.29 is 9.53 Å². The lowest BCUT2D eigenvalue weighted by Crippen LogP contribution is -2.44. The fourth-order valence-electron chi connectivity index (χ4n) is 3.65. The molecule has 4 heteroatoms. The number of hydrogen-bond donors (Lipinski definition) is 1. The molecule has 1 N–H and O–H groups in total. The maximum Gasteiger partial charge on any atom is 0.223 e. The molecule has 1 aromatic carbocycles. The van der Waals surface area contributed by atoms with Crippen LogP contribution >= 0.6 is 0 Å². The summed E-state index contributed by atoms with van der Waals surface area (Å²) in [5.74, 6) is 1.26. The van der Waals surface area contributed by atoms with Crippen LogP contribution in [-0.4, -0.2) is 36.5 Å². The van der Waals surface area contributed by atoms with E-state index >= 15 is 0 Å². The van der Waals surface area contributed by atoms with Gasteiger partial charge in [-0.05, 0) is 65.4 Å². The van der Waals surface area contributed by atoms with Crippen molar-refractivity contribution in [1.29, 1.82) is 0 Å². The Balaban J connectivity index is 1.76. The van der Waals surface area contributed by atoms with Gasteiger partial charge < -0.3 is 15.0 Å². The molecule has 1 saturated heterocycles. The van der Waals surface area contributed by atoms with Gasteiger partial charge in [0.15, 0.2) is 0 Å². The first-order chi connectivity index (χ1) is 10.8. The molecular weight excluding hydrogens is 288 g/mol. The second-order valence-corrected chi connectivity index (χ2v) is 7.75. The Morgan fingerprint density at radius 2 is 2.00 bits per heavy atom. The van der Waals surface area contributed by atoms with Crippen LogP contribution < -0.4 is 10.1 Å². The molecule has 3 rings (SSSR count). The van der Waals surface area contributed by atoms with Crippen molar-refractivity contribution in [3.8, 4) is 5.75 Å². The largest absolute Gasteiger partial charge is 0.487 e. The number of benzene rings is 1. The summed E-state index contributed by atoms with van der Waals surface area (Å²) in [7, 11) is 2.12. The van der Waals surface area contributed by atoms with Gasteiger partial charge in [-0.1, -0.05) is 12.1 Å². The van der Waals surface area contributed by atoms with E-state index in [1.165, 1.54) is 5.56 Å². The molecule has 2 heterocycles. The monoisotopic (exact) mass is 316 g/mol. The molecular formula is C19H28N2O2. The summed E-state index contributed by atoms with van der Waals surface area (Å²) in [4.78, 5) is 15.0. The standard InChI is InChI=1S/C19H28N2O2/c1-13-5-6-15-16(12-19(2,3)23-17(15)11-13)20-18(22)14-7-9-21(4)10-8-14/h5-6,11,14,16H,7-10,12H2,1-4H3,(H,20,22)/t16-/m0/s1. The second-order valence-electron chi connectivity index (χ2n) is 7.75. The van der Waals surface area contributed by atoms with Gasteiger partial charge >= 0.3 is 0 Å². The van der Waals surface area contributed by atoms with E-state index in [2.05, 4.69) is 56.2 Å². The number of carbonyl (C=O) groups excluding carboxylic acids is 1. The van der Waals surface area contributed by atoms with Gasteiger partial charge in [-0.2, -0.15) is 0 Å². The summed E-state index contributed by atoms with van der Waals surface area (Å²) in [5.41, 5.74) is 2.03. The maximum absolute atomic E-state index is 12.7. The maximum atomic E-state index is 12.7. The number of fused-ring (bicyclic) bond motifs is 1. The van der Waals surface area contributed by atoms with Gasteiger partial charge in [0.1, 0.15) is 11.4 Å². The highest BCUT2D eigenvalue weighted by molar-refractivity contribution is 5.79. The minimum Gasteiger partial charge on any atom is -0.487 e. The quantitative estimate of drug-likeness (QED) is 0.912. The second kappa shape index (κ2) is 6.16. The number of aryl methyl sites for hydroxylation is 1. The van der Waals surface area contributed by atoms with Crippen molar-refractivity contribution in [2.24, 2.45) is 5.92 Å². The molecule has 0 aliphatic carbocycles. The molecule has 0 aromatic heterocycles. The van der Waals surface area contributed by atoms with Crippen molar-refractivity contribution in [1.82, 2.24) is 10.2 Å². The van der Waals surface area contributed by atoms with Crippen molar-refractivity contribution in [3.63, 3.8) is 0 Å². The lowest BCUT2D eigenvalue weighted by Gasteiger charge is -2.39. The number of carbonyl (C=O) groups is 1. The molecule has 2 aliphatic heterocycles. The van der Waals surface area contributed by atoms with Crippen LogP contribution in [0.1, 0.15) is 50.3 Å².